The van der Waals surface area contributed by atoms with Gasteiger partial charge in [0.2, 0.25) is 5.95 Å². The summed E-state index contributed by atoms with van der Waals surface area (Å²) in [6.07, 6.45) is 0.963. The van der Waals surface area contributed by atoms with Gasteiger partial charge in [0, 0.05) is 19.1 Å². The van der Waals surface area contributed by atoms with E-state index in [1.807, 2.05) is 20.8 Å². The third kappa shape index (κ3) is 3.23. The molecule has 2 rings (SSSR count). The lowest BCUT2D eigenvalue weighted by Crippen LogP contribution is -2.42. The molecule has 1 saturated heterocycles. The molecule has 106 valence electrons. The van der Waals surface area contributed by atoms with Crippen LogP contribution in [0, 0.1) is 6.92 Å². The highest BCUT2D eigenvalue weighted by Crippen LogP contribution is 2.13. The summed E-state index contributed by atoms with van der Waals surface area (Å²) in [7, 11) is 0. The monoisotopic (exact) mass is 267 g/mol. The molecular weight excluding hydrogens is 246 g/mol. The van der Waals surface area contributed by atoms with Gasteiger partial charge in [-0.3, -0.25) is 5.32 Å². The predicted octanol–water partition coefficient (Wildman–Crippen LogP) is 1.16. The Balaban J connectivity index is 1.97. The Kier molecular flexibility index (Phi) is 4.04. The maximum absolute atomic E-state index is 12.0. The second-order valence-corrected chi connectivity index (χ2v) is 5.17. The molecule has 0 spiro atoms. The van der Waals surface area contributed by atoms with Crippen LogP contribution in [0.2, 0.25) is 0 Å². The minimum absolute atomic E-state index is 0.201. The predicted molar refractivity (Wildman–Crippen MR) is 71.0 cm³/mol. The molecule has 7 heteroatoms. The highest BCUT2D eigenvalue weighted by molar-refractivity contribution is 5.87. The van der Waals surface area contributed by atoms with Gasteiger partial charge in [-0.15, -0.1) is 5.10 Å². The summed E-state index contributed by atoms with van der Waals surface area (Å²) in [6, 6.07) is 0.0103. The Labute approximate surface area is 112 Å². The molecule has 1 aromatic rings. The zero-order valence-corrected chi connectivity index (χ0v) is 11.6. The zero-order valence-electron chi connectivity index (χ0n) is 11.6. The van der Waals surface area contributed by atoms with Crippen LogP contribution in [0.15, 0.2) is 0 Å². The number of nitrogens with zero attached hydrogens (tertiary/aromatic N) is 4. The smallest absolute Gasteiger partial charge is 0.324 e. The Hall–Kier alpha value is -1.63. The van der Waals surface area contributed by atoms with Crippen LogP contribution in [0.4, 0.5) is 10.7 Å². The molecule has 0 saturated carbocycles. The maximum Gasteiger partial charge on any atom is 0.324 e. The van der Waals surface area contributed by atoms with Crippen LogP contribution in [0.25, 0.3) is 0 Å². The number of carbonyl (C=O) groups is 1. The van der Waals surface area contributed by atoms with Crippen molar-refractivity contribution >= 4 is 12.0 Å². The quantitative estimate of drug-likeness (QED) is 0.842. The van der Waals surface area contributed by atoms with E-state index < -0.39 is 0 Å². The molecule has 1 aliphatic rings. The van der Waals surface area contributed by atoms with Crippen LogP contribution in [0.3, 0.4) is 0 Å². The summed E-state index contributed by atoms with van der Waals surface area (Å²) >= 11 is 0. The van der Waals surface area contributed by atoms with E-state index in [0.29, 0.717) is 31.9 Å². The van der Waals surface area contributed by atoms with Crippen LogP contribution >= 0.6 is 0 Å². The van der Waals surface area contributed by atoms with Gasteiger partial charge < -0.3 is 10.0 Å². The molecule has 7 nitrogen and oxygen atoms in total. The third-order valence-corrected chi connectivity index (χ3v) is 3.26. The number of aromatic nitrogens is 3. The fourth-order valence-electron chi connectivity index (χ4n) is 2.19. The minimum Gasteiger partial charge on any atom is -0.393 e. The number of likely N-dealkylation sites (tertiary alicyclic amines) is 1. The molecule has 1 aromatic heterocycles. The fourth-order valence-corrected chi connectivity index (χ4v) is 2.19. The summed E-state index contributed by atoms with van der Waals surface area (Å²) in [6.45, 7) is 7.02. The van der Waals surface area contributed by atoms with Gasteiger partial charge in [0.1, 0.15) is 5.82 Å². The van der Waals surface area contributed by atoms with Crippen molar-refractivity contribution in [3.05, 3.63) is 5.82 Å². The summed E-state index contributed by atoms with van der Waals surface area (Å²) in [5.41, 5.74) is 0. The zero-order chi connectivity index (χ0) is 14.0. The van der Waals surface area contributed by atoms with Gasteiger partial charge >= 0.3 is 6.03 Å². The van der Waals surface area contributed by atoms with Crippen molar-refractivity contribution in [1.29, 1.82) is 0 Å². The standard InChI is InChI=1S/C12H21N5O2/c1-8(2)17-9(3)13-11(15-17)14-12(19)16-6-4-10(18)5-7-16/h8,10,18H,4-7H2,1-3H3,(H,14,15,19). The largest absolute Gasteiger partial charge is 0.393 e. The highest BCUT2D eigenvalue weighted by Gasteiger charge is 2.22. The molecular formula is C12H21N5O2. The van der Waals surface area contributed by atoms with Crippen molar-refractivity contribution in [1.82, 2.24) is 19.7 Å². The van der Waals surface area contributed by atoms with Crippen LogP contribution in [-0.4, -0.2) is 50.0 Å². The topological polar surface area (TPSA) is 83.3 Å². The highest BCUT2D eigenvalue weighted by atomic mass is 16.3. The fraction of sp³-hybridized carbons (Fsp3) is 0.750. The van der Waals surface area contributed by atoms with E-state index >= 15 is 0 Å². The molecule has 0 unspecified atom stereocenters. The number of hydrogen-bond acceptors (Lipinski definition) is 4. The molecule has 2 amide bonds. The number of aliphatic hydroxyl groups excluding tert-OH is 1. The molecule has 0 aliphatic carbocycles. The first-order chi connectivity index (χ1) is 8.97. The second kappa shape index (κ2) is 5.56. The summed E-state index contributed by atoms with van der Waals surface area (Å²) in [4.78, 5) is 17.9. The summed E-state index contributed by atoms with van der Waals surface area (Å²) in [5, 5.41) is 16.4. The van der Waals surface area contributed by atoms with E-state index in [2.05, 4.69) is 15.4 Å². The molecule has 0 bridgehead atoms. The molecule has 19 heavy (non-hydrogen) atoms. The van der Waals surface area contributed by atoms with E-state index in [-0.39, 0.29) is 18.2 Å². The van der Waals surface area contributed by atoms with Gasteiger partial charge in [-0.1, -0.05) is 0 Å². The molecule has 0 atom stereocenters. The number of aliphatic hydroxyl groups is 1. The van der Waals surface area contributed by atoms with Gasteiger partial charge in [0.25, 0.3) is 0 Å². The summed E-state index contributed by atoms with van der Waals surface area (Å²) < 4.78 is 1.77. The Bertz CT molecular complexity index is 449. The Morgan fingerprint density at radius 2 is 2.05 bits per heavy atom. The second-order valence-electron chi connectivity index (χ2n) is 5.17. The maximum atomic E-state index is 12.0. The first-order valence-electron chi connectivity index (χ1n) is 6.64. The van der Waals surface area contributed by atoms with Crippen LogP contribution in [0.5, 0.6) is 0 Å². The number of urea groups is 1. The molecule has 0 radical (unpaired) electrons. The molecule has 2 N–H and O–H groups in total. The number of anilines is 1. The van der Waals surface area contributed by atoms with Crippen molar-refractivity contribution in [2.24, 2.45) is 0 Å². The number of rotatable bonds is 2. The SMILES string of the molecule is Cc1nc(NC(=O)N2CCC(O)CC2)nn1C(C)C. The van der Waals surface area contributed by atoms with Gasteiger partial charge in [-0.25, -0.2) is 9.48 Å². The van der Waals surface area contributed by atoms with Gasteiger partial charge in [0.05, 0.1) is 6.10 Å². The third-order valence-electron chi connectivity index (χ3n) is 3.26. The van der Waals surface area contributed by atoms with E-state index in [0.717, 1.165) is 5.82 Å². The van der Waals surface area contributed by atoms with Crippen LogP contribution < -0.4 is 5.32 Å². The van der Waals surface area contributed by atoms with Crippen molar-refractivity contribution in [2.75, 3.05) is 18.4 Å². The molecule has 2 heterocycles. The van der Waals surface area contributed by atoms with Crippen molar-refractivity contribution < 1.29 is 9.90 Å². The van der Waals surface area contributed by atoms with E-state index in [4.69, 9.17) is 0 Å². The average molecular weight is 267 g/mol. The number of nitrogens with one attached hydrogen (secondary N) is 1. The Morgan fingerprint density at radius 3 is 2.58 bits per heavy atom. The number of aryl methyl sites for hydroxylation is 1. The lowest BCUT2D eigenvalue weighted by atomic mass is 10.1. The van der Waals surface area contributed by atoms with Gasteiger partial charge in [-0.05, 0) is 33.6 Å². The average Bonchev–Trinajstić information content (AvgIpc) is 2.71. The van der Waals surface area contributed by atoms with Crippen LogP contribution in [-0.2, 0) is 0 Å². The first-order valence-corrected chi connectivity index (χ1v) is 6.64. The minimum atomic E-state index is -0.287. The van der Waals surface area contributed by atoms with Crippen molar-refractivity contribution in [3.8, 4) is 0 Å². The summed E-state index contributed by atoms with van der Waals surface area (Å²) in [5.74, 6) is 1.11. The van der Waals surface area contributed by atoms with E-state index in [1.54, 1.807) is 9.58 Å². The number of amides is 2. The van der Waals surface area contributed by atoms with Gasteiger partial charge in [0.15, 0.2) is 0 Å². The lowest BCUT2D eigenvalue weighted by Gasteiger charge is -2.29. The van der Waals surface area contributed by atoms with E-state index in [9.17, 15) is 9.90 Å². The lowest BCUT2D eigenvalue weighted by molar-refractivity contribution is 0.0971. The van der Waals surface area contributed by atoms with Gasteiger partial charge in [-0.2, -0.15) is 4.98 Å². The Morgan fingerprint density at radius 1 is 1.42 bits per heavy atom. The van der Waals surface area contributed by atoms with E-state index in [1.165, 1.54) is 0 Å². The van der Waals surface area contributed by atoms with Crippen LogP contribution in [0.1, 0.15) is 38.6 Å². The van der Waals surface area contributed by atoms with Crippen molar-refractivity contribution in [3.63, 3.8) is 0 Å². The first kappa shape index (κ1) is 13.8. The molecule has 1 fully saturated rings. The number of piperidine rings is 1. The molecule has 1 aliphatic heterocycles. The number of hydrogen-bond donors (Lipinski definition) is 2. The normalized spacial score (nSPS) is 17.0. The molecule has 0 aromatic carbocycles. The van der Waals surface area contributed by atoms with Crippen molar-refractivity contribution in [2.45, 2.75) is 45.8 Å². The number of carbonyl (C=O) groups excluding carboxylic acids is 1.